The van der Waals surface area contributed by atoms with Crippen LogP contribution in [-0.2, 0) is 0 Å². The predicted molar refractivity (Wildman–Crippen MR) is 156 cm³/mol. The van der Waals surface area contributed by atoms with E-state index in [1.54, 1.807) is 0 Å². The van der Waals surface area contributed by atoms with Crippen LogP contribution < -0.4 is 5.32 Å². The van der Waals surface area contributed by atoms with Crippen molar-refractivity contribution in [3.8, 4) is 0 Å². The van der Waals surface area contributed by atoms with Crippen LogP contribution in [0.5, 0.6) is 0 Å². The van der Waals surface area contributed by atoms with E-state index in [4.69, 9.17) is 0 Å². The van der Waals surface area contributed by atoms with E-state index >= 15 is 0 Å². The number of fused-ring (bicyclic) bond motifs is 1. The van der Waals surface area contributed by atoms with Crippen molar-refractivity contribution in [2.75, 3.05) is 26.2 Å². The van der Waals surface area contributed by atoms with Crippen molar-refractivity contribution in [1.82, 2.24) is 15.1 Å². The molecule has 2 rings (SSSR count). The van der Waals surface area contributed by atoms with Crippen LogP contribution in [0.25, 0.3) is 0 Å². The van der Waals surface area contributed by atoms with Gasteiger partial charge in [-0.15, -0.1) is 0 Å². The summed E-state index contributed by atoms with van der Waals surface area (Å²) < 4.78 is 0. The van der Waals surface area contributed by atoms with E-state index in [0.717, 1.165) is 6.04 Å². The summed E-state index contributed by atoms with van der Waals surface area (Å²) in [7, 11) is 0. The summed E-state index contributed by atoms with van der Waals surface area (Å²) in [6, 6.07) is 1.44. The van der Waals surface area contributed by atoms with Crippen molar-refractivity contribution in [2.45, 2.75) is 180 Å². The Morgan fingerprint density at radius 3 is 1.77 bits per heavy atom. The lowest BCUT2D eigenvalue weighted by molar-refractivity contribution is 0.0109. The summed E-state index contributed by atoms with van der Waals surface area (Å²) in [4.78, 5) is 5.78. The molecule has 0 aliphatic carbocycles. The Morgan fingerprint density at radius 2 is 1.20 bits per heavy atom. The molecule has 2 saturated heterocycles. The van der Waals surface area contributed by atoms with E-state index in [1.165, 1.54) is 142 Å². The van der Waals surface area contributed by atoms with E-state index in [0.29, 0.717) is 17.1 Å². The summed E-state index contributed by atoms with van der Waals surface area (Å²) in [5, 5.41) is 4.17. The van der Waals surface area contributed by atoms with Crippen LogP contribution in [-0.4, -0.2) is 59.1 Å². The first kappa shape index (κ1) is 31.1. The first-order chi connectivity index (χ1) is 16.9. The predicted octanol–water partition coefficient (Wildman–Crippen LogP) is 8.56. The maximum Gasteiger partial charge on any atom is 0.0239 e. The molecule has 4 atom stereocenters. The number of hydrogen-bond donors (Lipinski definition) is 1. The molecule has 2 aliphatic rings. The highest BCUT2D eigenvalue weighted by molar-refractivity contribution is 5.00. The van der Waals surface area contributed by atoms with Crippen molar-refractivity contribution >= 4 is 0 Å². The van der Waals surface area contributed by atoms with E-state index in [9.17, 15) is 0 Å². The number of hydrogen-bond acceptors (Lipinski definition) is 3. The molecule has 0 amide bonds. The quantitative estimate of drug-likeness (QED) is 0.172. The molecule has 1 N–H and O–H groups in total. The molecule has 0 aromatic heterocycles. The number of piperazine rings is 1. The van der Waals surface area contributed by atoms with Gasteiger partial charge in [0.25, 0.3) is 0 Å². The summed E-state index contributed by atoms with van der Waals surface area (Å²) in [5.41, 5.74) is 0.730. The highest BCUT2D eigenvalue weighted by Crippen LogP contribution is 2.34. The summed E-state index contributed by atoms with van der Waals surface area (Å²) in [6.45, 7) is 19.6. The van der Waals surface area contributed by atoms with Crippen molar-refractivity contribution in [1.29, 1.82) is 0 Å². The first-order valence-corrected chi connectivity index (χ1v) is 16.2. The van der Waals surface area contributed by atoms with Crippen LogP contribution in [0.4, 0.5) is 0 Å². The Morgan fingerprint density at radius 1 is 0.657 bits per heavy atom. The molecule has 0 radical (unpaired) electrons. The molecule has 35 heavy (non-hydrogen) atoms. The zero-order valence-electron chi connectivity index (χ0n) is 25.1. The number of rotatable bonds is 20. The first-order valence-electron chi connectivity index (χ1n) is 16.2. The highest BCUT2D eigenvalue weighted by Gasteiger charge is 2.42. The largest absolute Gasteiger partial charge is 0.307 e. The molecular formula is C32H65N3. The smallest absolute Gasteiger partial charge is 0.0239 e. The van der Waals surface area contributed by atoms with Gasteiger partial charge in [0.1, 0.15) is 0 Å². The lowest BCUT2D eigenvalue weighted by Crippen LogP contribution is -2.58. The van der Waals surface area contributed by atoms with Gasteiger partial charge in [-0.3, -0.25) is 9.80 Å². The minimum atomic E-state index is 0.318. The third-order valence-corrected chi connectivity index (χ3v) is 9.68. The molecule has 0 aromatic carbocycles. The maximum atomic E-state index is 4.17. The monoisotopic (exact) mass is 492 g/mol. The van der Waals surface area contributed by atoms with Gasteiger partial charge in [-0.1, -0.05) is 111 Å². The lowest BCUT2D eigenvalue weighted by atomic mass is 9.85. The van der Waals surface area contributed by atoms with Gasteiger partial charge in [-0.25, -0.2) is 0 Å². The third-order valence-electron chi connectivity index (χ3n) is 9.68. The van der Waals surface area contributed by atoms with Crippen LogP contribution in [0.1, 0.15) is 157 Å². The Balaban J connectivity index is 1.91. The molecule has 2 fully saturated rings. The molecule has 0 bridgehead atoms. The summed E-state index contributed by atoms with van der Waals surface area (Å²) >= 11 is 0. The minimum absolute atomic E-state index is 0.318. The van der Waals surface area contributed by atoms with Gasteiger partial charge in [0.2, 0.25) is 0 Å². The lowest BCUT2D eigenvalue weighted by Gasteiger charge is -2.48. The van der Waals surface area contributed by atoms with E-state index in [2.05, 4.69) is 56.7 Å². The SMILES string of the molecule is CCCCCCCC(C)(CCCCCC)N1CCN2CC(NC(C)(CC)CCCCCC)CC2C1. The van der Waals surface area contributed by atoms with Crippen LogP contribution >= 0.6 is 0 Å². The summed E-state index contributed by atoms with van der Waals surface area (Å²) in [6.07, 6.45) is 24.9. The van der Waals surface area contributed by atoms with Gasteiger partial charge in [0, 0.05) is 49.3 Å². The average molecular weight is 492 g/mol. The Labute approximate surface area is 221 Å². The number of nitrogens with one attached hydrogen (secondary N) is 1. The normalized spacial score (nSPS) is 24.9. The van der Waals surface area contributed by atoms with Gasteiger partial charge < -0.3 is 5.32 Å². The van der Waals surface area contributed by atoms with Gasteiger partial charge >= 0.3 is 0 Å². The van der Waals surface area contributed by atoms with Crippen molar-refractivity contribution in [3.05, 3.63) is 0 Å². The third kappa shape index (κ3) is 10.6. The fourth-order valence-corrected chi connectivity index (χ4v) is 6.91. The molecule has 0 saturated carbocycles. The molecule has 0 aromatic rings. The second-order valence-electron chi connectivity index (χ2n) is 12.9. The van der Waals surface area contributed by atoms with Crippen molar-refractivity contribution in [3.63, 3.8) is 0 Å². The van der Waals surface area contributed by atoms with Crippen LogP contribution in [0.3, 0.4) is 0 Å². The Kier molecular flexibility index (Phi) is 14.8. The van der Waals surface area contributed by atoms with E-state index < -0.39 is 0 Å². The topological polar surface area (TPSA) is 18.5 Å². The second kappa shape index (κ2) is 16.7. The molecular weight excluding hydrogens is 426 g/mol. The van der Waals surface area contributed by atoms with Gasteiger partial charge in [-0.2, -0.15) is 0 Å². The molecule has 208 valence electrons. The maximum absolute atomic E-state index is 4.17. The molecule has 2 aliphatic heterocycles. The second-order valence-corrected chi connectivity index (χ2v) is 12.9. The number of unbranched alkanes of at least 4 members (excludes halogenated alkanes) is 10. The average Bonchev–Trinajstić information content (AvgIpc) is 3.25. The molecule has 3 nitrogen and oxygen atoms in total. The summed E-state index contributed by atoms with van der Waals surface area (Å²) in [5.74, 6) is 0. The molecule has 4 unspecified atom stereocenters. The van der Waals surface area contributed by atoms with Crippen molar-refractivity contribution < 1.29 is 0 Å². The zero-order chi connectivity index (χ0) is 25.6. The Hall–Kier alpha value is -0.120. The van der Waals surface area contributed by atoms with Gasteiger partial charge in [0.05, 0.1) is 0 Å². The molecule has 3 heteroatoms. The molecule has 2 heterocycles. The Bertz CT molecular complexity index is 537. The minimum Gasteiger partial charge on any atom is -0.307 e. The highest BCUT2D eigenvalue weighted by atomic mass is 15.3. The fourth-order valence-electron chi connectivity index (χ4n) is 6.91. The number of nitrogens with zero attached hydrogens (tertiary/aromatic N) is 2. The van der Waals surface area contributed by atoms with E-state index in [1.807, 2.05) is 0 Å². The van der Waals surface area contributed by atoms with Crippen molar-refractivity contribution in [2.24, 2.45) is 0 Å². The van der Waals surface area contributed by atoms with Crippen LogP contribution in [0.15, 0.2) is 0 Å². The van der Waals surface area contributed by atoms with Gasteiger partial charge in [0.15, 0.2) is 0 Å². The van der Waals surface area contributed by atoms with Crippen LogP contribution in [0, 0.1) is 0 Å². The fraction of sp³-hybridized carbons (Fsp3) is 1.00. The standard InChI is InChI=1S/C32H65N3/c1-7-11-14-17-20-23-32(6,22-19-16-13-9-3)35-25-24-34-27-29(26-30(34)28-35)33-31(5,10-4)21-18-15-12-8-2/h29-30,33H,7-28H2,1-6H3. The van der Waals surface area contributed by atoms with Crippen LogP contribution in [0.2, 0.25) is 0 Å². The zero-order valence-corrected chi connectivity index (χ0v) is 25.1. The van der Waals surface area contributed by atoms with E-state index in [-0.39, 0.29) is 0 Å². The molecule has 0 spiro atoms. The van der Waals surface area contributed by atoms with Gasteiger partial charge in [-0.05, 0) is 46.0 Å².